The smallest absolute Gasteiger partial charge is 0.0625 e. The number of nitrogens with zero attached hydrogens (tertiary/aromatic N) is 2. The fourth-order valence-corrected chi connectivity index (χ4v) is 10.2. The van der Waals surface area contributed by atoms with Crippen molar-refractivity contribution in [3.8, 4) is 27.9 Å². The number of hydrogen-bond acceptors (Lipinski definition) is 1. The maximum atomic E-state index is 2.52. The van der Waals surface area contributed by atoms with Crippen molar-refractivity contribution in [2.24, 2.45) is 0 Å². The zero-order valence-corrected chi connectivity index (χ0v) is 33.0. The molecule has 2 heteroatoms. The molecule has 0 saturated carbocycles. The van der Waals surface area contributed by atoms with Crippen LogP contribution in [0.4, 0.5) is 17.1 Å². The fourth-order valence-electron chi connectivity index (χ4n) is 10.2. The van der Waals surface area contributed by atoms with E-state index in [1.54, 1.807) is 0 Å². The molecule has 1 aliphatic carbocycles. The van der Waals surface area contributed by atoms with Gasteiger partial charge in [0.05, 0.1) is 16.7 Å². The zero-order chi connectivity index (χ0) is 39.2. The summed E-state index contributed by atoms with van der Waals surface area (Å²) < 4.78 is 2.52. The second-order valence-electron chi connectivity index (χ2n) is 16.5. The first-order valence-corrected chi connectivity index (χ1v) is 20.6. The molecule has 0 amide bonds. The van der Waals surface area contributed by atoms with Crippen molar-refractivity contribution in [2.75, 3.05) is 4.90 Å². The Morgan fingerprint density at radius 2 is 0.966 bits per heavy atom. The molecule has 59 heavy (non-hydrogen) atoms. The average molecular weight is 753 g/mol. The minimum absolute atomic E-state index is 0.244. The van der Waals surface area contributed by atoms with Gasteiger partial charge in [0, 0.05) is 44.0 Å². The molecular weight excluding hydrogens is 713 g/mol. The van der Waals surface area contributed by atoms with E-state index in [2.05, 4.69) is 230 Å². The van der Waals surface area contributed by atoms with Crippen molar-refractivity contribution in [3.05, 3.63) is 217 Å². The van der Waals surface area contributed by atoms with Gasteiger partial charge in [-0.05, 0) is 103 Å². The Bertz CT molecular complexity index is 3460. The molecule has 0 saturated heterocycles. The highest BCUT2D eigenvalue weighted by atomic mass is 15.1. The Balaban J connectivity index is 1.03. The molecule has 10 aromatic carbocycles. The summed E-state index contributed by atoms with van der Waals surface area (Å²) in [6.45, 7) is 4.80. The Labute approximate surface area is 343 Å². The zero-order valence-electron chi connectivity index (χ0n) is 33.0. The minimum Gasteiger partial charge on any atom is -0.310 e. The molecule has 0 unspecified atom stereocenters. The van der Waals surface area contributed by atoms with Crippen LogP contribution < -0.4 is 4.90 Å². The quantitative estimate of drug-likeness (QED) is 0.159. The normalized spacial score (nSPS) is 13.1. The molecule has 1 heterocycles. The van der Waals surface area contributed by atoms with Crippen LogP contribution in [-0.2, 0) is 5.41 Å². The van der Waals surface area contributed by atoms with Gasteiger partial charge in [0.25, 0.3) is 0 Å². The molecule has 11 aromatic rings. The maximum absolute atomic E-state index is 2.52. The molecule has 0 atom stereocenters. The number of aromatic nitrogens is 1. The lowest BCUT2D eigenvalue weighted by Gasteiger charge is -2.29. The van der Waals surface area contributed by atoms with Crippen LogP contribution >= 0.6 is 0 Å². The summed E-state index contributed by atoms with van der Waals surface area (Å²) in [4.78, 5) is 2.44. The van der Waals surface area contributed by atoms with Crippen molar-refractivity contribution in [1.29, 1.82) is 0 Å². The number of anilines is 3. The molecule has 0 aliphatic heterocycles. The lowest BCUT2D eigenvalue weighted by molar-refractivity contribution is 0.660. The second-order valence-corrected chi connectivity index (χ2v) is 16.5. The number of benzene rings is 10. The summed E-state index contributed by atoms with van der Waals surface area (Å²) in [6.07, 6.45) is 0. The molecule has 1 aliphatic rings. The van der Waals surface area contributed by atoms with Gasteiger partial charge in [-0.3, -0.25) is 0 Å². The van der Waals surface area contributed by atoms with E-state index in [9.17, 15) is 0 Å². The van der Waals surface area contributed by atoms with E-state index in [1.807, 2.05) is 0 Å². The standard InChI is InChI=1S/C57H40N2/c1-57(2)51-35-41(58(53-26-14-18-39-17-6-7-19-43(39)53)40-29-27-38(28-30-40)37-15-4-3-5-16-37)31-33-46(51)47-34-32-42(36-52(47)57)59-54-25-13-12-24-50(54)55-48-22-10-8-20-44(48)45-21-9-11-23-49(45)56(55)59/h3-36H,1-2H3. The van der Waals surface area contributed by atoms with Crippen molar-refractivity contribution in [2.45, 2.75) is 19.3 Å². The largest absolute Gasteiger partial charge is 0.310 e. The van der Waals surface area contributed by atoms with E-state index in [-0.39, 0.29) is 5.41 Å². The highest BCUT2D eigenvalue weighted by molar-refractivity contribution is 6.32. The predicted molar refractivity (Wildman–Crippen MR) is 251 cm³/mol. The van der Waals surface area contributed by atoms with Crippen LogP contribution in [0.15, 0.2) is 206 Å². The van der Waals surface area contributed by atoms with E-state index in [0.29, 0.717) is 0 Å². The second kappa shape index (κ2) is 12.8. The highest BCUT2D eigenvalue weighted by Crippen LogP contribution is 2.52. The van der Waals surface area contributed by atoms with E-state index < -0.39 is 0 Å². The van der Waals surface area contributed by atoms with Crippen molar-refractivity contribution < 1.29 is 0 Å². The number of fused-ring (bicyclic) bond motifs is 12. The maximum Gasteiger partial charge on any atom is 0.0625 e. The first kappa shape index (κ1) is 33.7. The summed E-state index contributed by atoms with van der Waals surface area (Å²) >= 11 is 0. The molecule has 0 radical (unpaired) electrons. The van der Waals surface area contributed by atoms with Crippen LogP contribution in [-0.4, -0.2) is 4.57 Å². The molecular formula is C57H40N2. The van der Waals surface area contributed by atoms with Crippen molar-refractivity contribution in [1.82, 2.24) is 4.57 Å². The summed E-state index contributed by atoms with van der Waals surface area (Å²) in [5.74, 6) is 0. The van der Waals surface area contributed by atoms with Crippen LogP contribution in [0.3, 0.4) is 0 Å². The topological polar surface area (TPSA) is 8.17 Å². The number of rotatable bonds is 5. The van der Waals surface area contributed by atoms with Crippen molar-refractivity contribution >= 4 is 71.2 Å². The summed E-state index contributed by atoms with van der Waals surface area (Å²) in [7, 11) is 0. The van der Waals surface area contributed by atoms with Gasteiger partial charge in [0.2, 0.25) is 0 Å². The van der Waals surface area contributed by atoms with E-state index in [1.165, 1.54) is 93.2 Å². The Kier molecular flexibility index (Phi) is 7.31. The Morgan fingerprint density at radius 1 is 0.407 bits per heavy atom. The summed E-state index contributed by atoms with van der Waals surface area (Å²) in [6, 6.07) is 76.0. The minimum atomic E-state index is -0.244. The SMILES string of the molecule is CC1(C)c2cc(N(c3ccc(-c4ccccc4)cc3)c3cccc4ccccc34)ccc2-c2ccc(-n3c4ccccc4c4c5ccccc5c5ccccc5c43)cc21. The molecule has 0 N–H and O–H groups in total. The summed E-state index contributed by atoms with van der Waals surface area (Å²) in [5.41, 5.74) is 14.6. The third-order valence-corrected chi connectivity index (χ3v) is 12.9. The lowest BCUT2D eigenvalue weighted by atomic mass is 9.82. The van der Waals surface area contributed by atoms with Crippen LogP contribution in [0.2, 0.25) is 0 Å². The number of hydrogen-bond donors (Lipinski definition) is 0. The molecule has 278 valence electrons. The molecule has 2 nitrogen and oxygen atoms in total. The average Bonchev–Trinajstić information content (AvgIpc) is 3.76. The third-order valence-electron chi connectivity index (χ3n) is 12.9. The predicted octanol–water partition coefficient (Wildman–Crippen LogP) is 15.7. The van der Waals surface area contributed by atoms with Crippen molar-refractivity contribution in [3.63, 3.8) is 0 Å². The highest BCUT2D eigenvalue weighted by Gasteiger charge is 2.37. The van der Waals surface area contributed by atoms with Gasteiger partial charge in [-0.25, -0.2) is 0 Å². The first-order chi connectivity index (χ1) is 29.0. The van der Waals surface area contributed by atoms with Gasteiger partial charge >= 0.3 is 0 Å². The van der Waals surface area contributed by atoms with Gasteiger partial charge in [0.1, 0.15) is 0 Å². The van der Waals surface area contributed by atoms with E-state index >= 15 is 0 Å². The molecule has 0 fully saturated rings. The van der Waals surface area contributed by atoms with Crippen LogP contribution in [0, 0.1) is 0 Å². The van der Waals surface area contributed by atoms with Crippen LogP contribution in [0.5, 0.6) is 0 Å². The van der Waals surface area contributed by atoms with Crippen LogP contribution in [0.1, 0.15) is 25.0 Å². The van der Waals surface area contributed by atoms with Gasteiger partial charge < -0.3 is 9.47 Å². The molecule has 1 aromatic heterocycles. The van der Waals surface area contributed by atoms with Crippen LogP contribution in [0.25, 0.3) is 82.1 Å². The Hall–Kier alpha value is -7.42. The number of para-hydroxylation sites is 1. The first-order valence-electron chi connectivity index (χ1n) is 20.6. The molecule has 0 spiro atoms. The van der Waals surface area contributed by atoms with Gasteiger partial charge in [-0.1, -0.05) is 172 Å². The third kappa shape index (κ3) is 5.00. The van der Waals surface area contributed by atoms with Gasteiger partial charge in [-0.15, -0.1) is 0 Å². The van der Waals surface area contributed by atoms with Gasteiger partial charge in [-0.2, -0.15) is 0 Å². The fraction of sp³-hybridized carbons (Fsp3) is 0.0526. The van der Waals surface area contributed by atoms with E-state index in [4.69, 9.17) is 0 Å². The van der Waals surface area contributed by atoms with Gasteiger partial charge in [0.15, 0.2) is 0 Å². The van der Waals surface area contributed by atoms with E-state index in [0.717, 1.165) is 17.1 Å². The molecule has 12 rings (SSSR count). The summed E-state index contributed by atoms with van der Waals surface area (Å²) in [5, 5.41) is 10.2. The Morgan fingerprint density at radius 3 is 1.75 bits per heavy atom. The molecule has 0 bridgehead atoms. The lowest BCUT2D eigenvalue weighted by Crippen LogP contribution is -2.17. The monoisotopic (exact) mass is 752 g/mol.